The molecule has 4 saturated carbocycles. The molecule has 4 bridgehead atoms. The lowest BCUT2D eigenvalue weighted by atomic mass is 9.53. The molecule has 0 aromatic carbocycles. The third-order valence-corrected chi connectivity index (χ3v) is 5.93. The molecule has 0 saturated heterocycles. The van der Waals surface area contributed by atoms with Gasteiger partial charge in [0.15, 0.2) is 5.69 Å². The summed E-state index contributed by atoms with van der Waals surface area (Å²) in [7, 11) is 0. The van der Waals surface area contributed by atoms with Crippen LogP contribution in [0, 0.1) is 17.8 Å². The van der Waals surface area contributed by atoms with Gasteiger partial charge in [-0.15, -0.1) is 0 Å². The first kappa shape index (κ1) is 14.2. The van der Waals surface area contributed by atoms with E-state index < -0.39 is 0 Å². The van der Waals surface area contributed by atoms with E-state index in [0.717, 1.165) is 43.4 Å². The maximum Gasteiger partial charge on any atom is 0.273 e. The van der Waals surface area contributed by atoms with Crippen molar-refractivity contribution in [1.29, 1.82) is 0 Å². The van der Waals surface area contributed by atoms with E-state index in [1.807, 2.05) is 6.92 Å². The molecule has 120 valence electrons. The number of nitrogens with two attached hydrogens (primary N) is 1. The van der Waals surface area contributed by atoms with Gasteiger partial charge < -0.3 is 15.5 Å². The lowest BCUT2D eigenvalue weighted by molar-refractivity contribution is -0.0167. The van der Waals surface area contributed by atoms with Crippen molar-refractivity contribution in [3.63, 3.8) is 0 Å². The predicted molar refractivity (Wildman–Crippen MR) is 82.1 cm³/mol. The molecule has 1 atom stereocenters. The van der Waals surface area contributed by atoms with Crippen LogP contribution in [-0.2, 0) is 0 Å². The van der Waals surface area contributed by atoms with Crippen LogP contribution in [0.5, 0.6) is 0 Å². The van der Waals surface area contributed by atoms with E-state index in [1.54, 1.807) is 0 Å². The molecule has 4 fully saturated rings. The van der Waals surface area contributed by atoms with Crippen LogP contribution in [-0.4, -0.2) is 16.4 Å². The fraction of sp³-hybridized carbons (Fsp3) is 0.765. The summed E-state index contributed by atoms with van der Waals surface area (Å²) >= 11 is 0. The molecule has 1 aromatic rings. The Balaban J connectivity index is 1.49. The molecule has 22 heavy (non-hydrogen) atoms. The van der Waals surface area contributed by atoms with E-state index in [4.69, 9.17) is 10.2 Å². The monoisotopic (exact) mass is 303 g/mol. The minimum atomic E-state index is -0.235. The number of hydrogen-bond acceptors (Lipinski definition) is 4. The second kappa shape index (κ2) is 5.08. The fourth-order valence-corrected chi connectivity index (χ4v) is 5.31. The van der Waals surface area contributed by atoms with Crippen molar-refractivity contribution < 1.29 is 9.21 Å². The topological polar surface area (TPSA) is 81.1 Å². The summed E-state index contributed by atoms with van der Waals surface area (Å²) in [5, 5.41) is 3.31. The average Bonchev–Trinajstić information content (AvgIpc) is 2.94. The van der Waals surface area contributed by atoms with Crippen molar-refractivity contribution >= 4 is 5.91 Å². The third-order valence-electron chi connectivity index (χ3n) is 5.93. The Hall–Kier alpha value is -1.36. The largest absolute Gasteiger partial charge is 0.446 e. The van der Waals surface area contributed by atoms with E-state index in [-0.39, 0.29) is 17.5 Å². The lowest BCUT2D eigenvalue weighted by Crippen LogP contribution is -2.59. The van der Waals surface area contributed by atoms with Crippen LogP contribution >= 0.6 is 0 Å². The number of oxazole rings is 1. The molecule has 3 N–H and O–H groups in total. The quantitative estimate of drug-likeness (QED) is 0.896. The highest BCUT2D eigenvalue weighted by Gasteiger charge is 2.51. The Morgan fingerprint density at radius 1 is 1.36 bits per heavy atom. The number of nitrogens with one attached hydrogen (secondary N) is 1. The maximum absolute atomic E-state index is 12.6. The molecule has 1 aromatic heterocycles. The Morgan fingerprint density at radius 3 is 2.50 bits per heavy atom. The highest BCUT2D eigenvalue weighted by atomic mass is 16.3. The summed E-state index contributed by atoms with van der Waals surface area (Å²) < 4.78 is 5.36. The molecule has 0 spiro atoms. The van der Waals surface area contributed by atoms with E-state index in [9.17, 15) is 4.79 Å². The molecule has 5 rings (SSSR count). The molecular formula is C17H25N3O2. The van der Waals surface area contributed by atoms with Crippen molar-refractivity contribution in [3.8, 4) is 0 Å². The Bertz CT molecular complexity index is 545. The molecule has 1 amide bonds. The number of carbonyl (C=O) groups excluding carboxylic acids is 1. The smallest absolute Gasteiger partial charge is 0.273 e. The zero-order chi connectivity index (χ0) is 15.3. The van der Waals surface area contributed by atoms with Gasteiger partial charge in [-0.05, 0) is 62.7 Å². The molecule has 5 heteroatoms. The number of hydrogen-bond donors (Lipinski definition) is 2. The van der Waals surface area contributed by atoms with Gasteiger partial charge in [0.1, 0.15) is 6.26 Å². The zero-order valence-corrected chi connectivity index (χ0v) is 13.2. The molecule has 0 radical (unpaired) electrons. The van der Waals surface area contributed by atoms with Crippen LogP contribution in [0.2, 0.25) is 0 Å². The van der Waals surface area contributed by atoms with Gasteiger partial charge in [-0.3, -0.25) is 4.79 Å². The lowest BCUT2D eigenvalue weighted by Gasteiger charge is -2.56. The first-order valence-electron chi connectivity index (χ1n) is 8.60. The predicted octanol–water partition coefficient (Wildman–Crippen LogP) is 2.78. The van der Waals surface area contributed by atoms with Gasteiger partial charge in [0.2, 0.25) is 5.89 Å². The number of nitrogens with zero attached hydrogens (tertiary/aromatic N) is 1. The van der Waals surface area contributed by atoms with E-state index in [0.29, 0.717) is 11.6 Å². The maximum atomic E-state index is 12.6. The molecule has 4 aliphatic carbocycles. The molecule has 0 aliphatic heterocycles. The summed E-state index contributed by atoms with van der Waals surface area (Å²) in [5.41, 5.74) is 6.29. The molecule has 4 aliphatic rings. The average molecular weight is 303 g/mol. The summed E-state index contributed by atoms with van der Waals surface area (Å²) in [6.07, 6.45) is 9.73. The number of carbonyl (C=O) groups is 1. The van der Waals surface area contributed by atoms with Crippen molar-refractivity contribution in [1.82, 2.24) is 10.3 Å². The summed E-state index contributed by atoms with van der Waals surface area (Å²) in [6.45, 7) is 1.98. The SMILES string of the molecule is CCC(N)c1nc(C(=O)NC23CC4CC(CC(C4)C2)C3)co1. The van der Waals surface area contributed by atoms with E-state index >= 15 is 0 Å². The number of amides is 1. The van der Waals surface area contributed by atoms with Crippen LogP contribution in [0.25, 0.3) is 0 Å². The first-order chi connectivity index (χ1) is 10.6. The van der Waals surface area contributed by atoms with E-state index in [2.05, 4.69) is 10.3 Å². The van der Waals surface area contributed by atoms with Crippen molar-refractivity contribution in [2.75, 3.05) is 0 Å². The van der Waals surface area contributed by atoms with Gasteiger partial charge in [-0.2, -0.15) is 0 Å². The zero-order valence-electron chi connectivity index (χ0n) is 13.2. The van der Waals surface area contributed by atoms with Gasteiger partial charge in [-0.1, -0.05) is 6.92 Å². The summed E-state index contributed by atoms with van der Waals surface area (Å²) in [6, 6.07) is -0.235. The number of rotatable bonds is 4. The van der Waals surface area contributed by atoms with Gasteiger partial charge in [0, 0.05) is 5.54 Å². The van der Waals surface area contributed by atoms with Crippen molar-refractivity contribution in [2.24, 2.45) is 23.5 Å². The van der Waals surface area contributed by atoms with Crippen LogP contribution in [0.3, 0.4) is 0 Å². The molecule has 5 nitrogen and oxygen atoms in total. The van der Waals surface area contributed by atoms with Crippen LogP contribution < -0.4 is 11.1 Å². The Morgan fingerprint density at radius 2 is 1.95 bits per heavy atom. The summed E-state index contributed by atoms with van der Waals surface area (Å²) in [5.74, 6) is 2.80. The second-order valence-electron chi connectivity index (χ2n) is 7.74. The van der Waals surface area contributed by atoms with Gasteiger partial charge in [0.25, 0.3) is 5.91 Å². The van der Waals surface area contributed by atoms with Crippen molar-refractivity contribution in [2.45, 2.75) is 63.5 Å². The molecular weight excluding hydrogens is 278 g/mol. The second-order valence-corrected chi connectivity index (χ2v) is 7.74. The fourth-order valence-electron chi connectivity index (χ4n) is 5.31. The van der Waals surface area contributed by atoms with Gasteiger partial charge in [0.05, 0.1) is 6.04 Å². The minimum Gasteiger partial charge on any atom is -0.446 e. The Kier molecular flexibility index (Phi) is 3.29. The summed E-state index contributed by atoms with van der Waals surface area (Å²) in [4.78, 5) is 16.9. The molecule has 1 unspecified atom stereocenters. The first-order valence-corrected chi connectivity index (χ1v) is 8.60. The standard InChI is InChI=1S/C17H25N3O2/c1-2-13(18)16-19-14(9-22-16)15(21)20-17-6-10-3-11(7-17)5-12(4-10)8-17/h9-13H,2-8,18H2,1H3,(H,20,21). The van der Waals surface area contributed by atoms with Crippen LogP contribution in [0.15, 0.2) is 10.7 Å². The Labute approximate surface area is 131 Å². The minimum absolute atomic E-state index is 0.0117. The van der Waals surface area contributed by atoms with E-state index in [1.165, 1.54) is 25.5 Å². The molecule has 1 heterocycles. The highest BCUT2D eigenvalue weighted by molar-refractivity contribution is 5.92. The third kappa shape index (κ3) is 2.35. The van der Waals surface area contributed by atoms with Crippen LogP contribution in [0.1, 0.15) is 74.3 Å². The van der Waals surface area contributed by atoms with Crippen molar-refractivity contribution in [3.05, 3.63) is 17.8 Å². The number of aromatic nitrogens is 1. The highest BCUT2D eigenvalue weighted by Crippen LogP contribution is 2.55. The van der Waals surface area contributed by atoms with Gasteiger partial charge in [-0.25, -0.2) is 4.98 Å². The van der Waals surface area contributed by atoms with Crippen LogP contribution in [0.4, 0.5) is 0 Å². The normalized spacial score (nSPS) is 37.3. The van der Waals surface area contributed by atoms with Gasteiger partial charge >= 0.3 is 0 Å².